The second-order valence-electron chi connectivity index (χ2n) is 10.7. The first-order valence-corrected chi connectivity index (χ1v) is 12.5. The van der Waals surface area contributed by atoms with Gasteiger partial charge in [0.25, 0.3) is 5.91 Å². The SMILES string of the molecule is CC(NC(=O)c1ccc(CNC(=O)C23CC4CC(CC(C4)C2)C3)cc1)c1cccc(OC(F)F)c1. The molecule has 0 aromatic heterocycles. The monoisotopic (exact) mass is 482 g/mol. The molecule has 4 fully saturated rings. The Hall–Kier alpha value is -2.96. The second kappa shape index (κ2) is 9.59. The smallest absolute Gasteiger partial charge is 0.387 e. The summed E-state index contributed by atoms with van der Waals surface area (Å²) in [6, 6.07) is 13.1. The standard InChI is InChI=1S/C28H32F2N2O3/c1-17(23-3-2-4-24(12-23)35-27(29)30)32-25(33)22-7-5-18(6-8-22)16-31-26(34)28-13-19-9-20(14-28)11-21(10-19)15-28/h2-8,12,17,19-21,27H,9-11,13-16H2,1H3,(H,31,34)(H,32,33). The molecular formula is C28H32F2N2O3. The number of carbonyl (C=O) groups excluding carboxylic acids is 2. The Bertz CT molecular complexity index is 1050. The number of rotatable bonds is 8. The first-order valence-electron chi connectivity index (χ1n) is 12.5. The van der Waals surface area contributed by atoms with Crippen LogP contribution < -0.4 is 15.4 Å². The molecule has 2 aromatic carbocycles. The van der Waals surface area contributed by atoms with Gasteiger partial charge in [0, 0.05) is 17.5 Å². The number of hydrogen-bond acceptors (Lipinski definition) is 3. The minimum atomic E-state index is -2.90. The van der Waals surface area contributed by atoms with Crippen molar-refractivity contribution in [3.05, 3.63) is 65.2 Å². The van der Waals surface area contributed by atoms with Crippen molar-refractivity contribution in [2.45, 2.75) is 64.6 Å². The molecule has 2 amide bonds. The highest BCUT2D eigenvalue weighted by Gasteiger charge is 2.54. The summed E-state index contributed by atoms with van der Waals surface area (Å²) in [7, 11) is 0. The minimum absolute atomic E-state index is 0.0542. The van der Waals surface area contributed by atoms with Crippen LogP contribution in [-0.2, 0) is 11.3 Å². The molecule has 4 bridgehead atoms. The van der Waals surface area contributed by atoms with Crippen molar-refractivity contribution < 1.29 is 23.1 Å². The highest BCUT2D eigenvalue weighted by Crippen LogP contribution is 2.60. The molecule has 5 nitrogen and oxygen atoms in total. The Kier molecular flexibility index (Phi) is 6.51. The summed E-state index contributed by atoms with van der Waals surface area (Å²) in [6.45, 7) is -0.658. The van der Waals surface area contributed by atoms with Crippen molar-refractivity contribution in [1.29, 1.82) is 0 Å². The van der Waals surface area contributed by atoms with Gasteiger partial charge in [-0.2, -0.15) is 8.78 Å². The molecular weight excluding hydrogens is 450 g/mol. The average Bonchev–Trinajstić information content (AvgIpc) is 2.81. The molecule has 0 spiro atoms. The Morgan fingerprint density at radius 1 is 1.00 bits per heavy atom. The first-order chi connectivity index (χ1) is 16.8. The van der Waals surface area contributed by atoms with E-state index >= 15 is 0 Å². The molecule has 4 saturated carbocycles. The number of alkyl halides is 2. The van der Waals surface area contributed by atoms with Crippen LogP contribution in [0.1, 0.15) is 73.0 Å². The van der Waals surface area contributed by atoms with Gasteiger partial charge in [0.05, 0.1) is 6.04 Å². The van der Waals surface area contributed by atoms with Crippen molar-refractivity contribution in [2.75, 3.05) is 0 Å². The van der Waals surface area contributed by atoms with Gasteiger partial charge in [-0.1, -0.05) is 24.3 Å². The molecule has 0 aliphatic heterocycles. The normalized spacial score (nSPS) is 27.5. The van der Waals surface area contributed by atoms with E-state index in [4.69, 9.17) is 0 Å². The summed E-state index contributed by atoms with van der Waals surface area (Å²) in [5.41, 5.74) is 1.94. The number of ether oxygens (including phenoxy) is 1. The van der Waals surface area contributed by atoms with Gasteiger partial charge in [-0.25, -0.2) is 0 Å². The van der Waals surface area contributed by atoms with Crippen LogP contribution in [0, 0.1) is 23.2 Å². The molecule has 7 heteroatoms. The molecule has 186 valence electrons. The van der Waals surface area contributed by atoms with Crippen molar-refractivity contribution in [3.8, 4) is 5.75 Å². The maximum atomic E-state index is 13.2. The van der Waals surface area contributed by atoms with E-state index in [-0.39, 0.29) is 29.0 Å². The number of benzene rings is 2. The van der Waals surface area contributed by atoms with Crippen LogP contribution in [0.25, 0.3) is 0 Å². The predicted molar refractivity (Wildman–Crippen MR) is 128 cm³/mol. The van der Waals surface area contributed by atoms with Crippen molar-refractivity contribution in [2.24, 2.45) is 23.2 Å². The Balaban J connectivity index is 1.15. The molecule has 1 unspecified atom stereocenters. The summed E-state index contributed by atoms with van der Waals surface area (Å²) >= 11 is 0. The predicted octanol–water partition coefficient (Wildman–Crippen LogP) is 5.61. The molecule has 0 heterocycles. The number of nitrogens with one attached hydrogen (secondary N) is 2. The van der Waals surface area contributed by atoms with Gasteiger partial charge >= 0.3 is 6.61 Å². The van der Waals surface area contributed by atoms with Crippen molar-refractivity contribution in [3.63, 3.8) is 0 Å². The van der Waals surface area contributed by atoms with Crippen LogP contribution in [-0.4, -0.2) is 18.4 Å². The van der Waals surface area contributed by atoms with Gasteiger partial charge in [0.2, 0.25) is 5.91 Å². The Labute approximate surface area is 204 Å². The van der Waals surface area contributed by atoms with Gasteiger partial charge in [-0.15, -0.1) is 0 Å². The van der Waals surface area contributed by atoms with Crippen LogP contribution >= 0.6 is 0 Å². The summed E-state index contributed by atoms with van der Waals surface area (Å²) in [5, 5.41) is 6.06. The van der Waals surface area contributed by atoms with Gasteiger partial charge in [-0.05, 0) is 98.6 Å². The van der Waals surface area contributed by atoms with E-state index in [1.54, 1.807) is 31.2 Å². The first kappa shape index (κ1) is 23.8. The number of halogens is 2. The maximum absolute atomic E-state index is 13.2. The molecule has 4 aliphatic carbocycles. The minimum Gasteiger partial charge on any atom is -0.435 e. The van der Waals surface area contributed by atoms with E-state index in [1.807, 2.05) is 12.1 Å². The fraction of sp³-hybridized carbons (Fsp3) is 0.500. The van der Waals surface area contributed by atoms with E-state index in [2.05, 4.69) is 15.4 Å². The number of carbonyl (C=O) groups is 2. The quantitative estimate of drug-likeness (QED) is 0.514. The van der Waals surface area contributed by atoms with Crippen LogP contribution in [0.3, 0.4) is 0 Å². The van der Waals surface area contributed by atoms with Gasteiger partial charge in [0.15, 0.2) is 0 Å². The zero-order chi connectivity index (χ0) is 24.6. The summed E-state index contributed by atoms with van der Waals surface area (Å²) in [6.07, 6.45) is 7.05. The van der Waals surface area contributed by atoms with E-state index in [1.165, 1.54) is 31.4 Å². The second-order valence-corrected chi connectivity index (χ2v) is 10.7. The topological polar surface area (TPSA) is 67.4 Å². The summed E-state index contributed by atoms with van der Waals surface area (Å²) < 4.78 is 29.4. The highest BCUT2D eigenvalue weighted by atomic mass is 19.3. The largest absolute Gasteiger partial charge is 0.435 e. The van der Waals surface area contributed by atoms with E-state index in [0.29, 0.717) is 17.7 Å². The lowest BCUT2D eigenvalue weighted by atomic mass is 9.49. The summed E-state index contributed by atoms with van der Waals surface area (Å²) in [4.78, 5) is 25.9. The third-order valence-electron chi connectivity index (χ3n) is 8.12. The van der Waals surface area contributed by atoms with E-state index < -0.39 is 6.61 Å². The highest BCUT2D eigenvalue weighted by molar-refractivity contribution is 5.94. The Morgan fingerprint density at radius 2 is 1.63 bits per heavy atom. The van der Waals surface area contributed by atoms with Crippen LogP contribution in [0.15, 0.2) is 48.5 Å². The number of amides is 2. The molecule has 0 radical (unpaired) electrons. The fourth-order valence-electron chi connectivity index (χ4n) is 6.86. The van der Waals surface area contributed by atoms with Gasteiger partial charge < -0.3 is 15.4 Å². The lowest BCUT2D eigenvalue weighted by Crippen LogP contribution is -2.53. The van der Waals surface area contributed by atoms with E-state index in [9.17, 15) is 18.4 Å². The zero-order valence-electron chi connectivity index (χ0n) is 19.9. The molecule has 2 N–H and O–H groups in total. The third-order valence-corrected chi connectivity index (χ3v) is 8.12. The van der Waals surface area contributed by atoms with Crippen LogP contribution in [0.4, 0.5) is 8.78 Å². The lowest BCUT2D eigenvalue weighted by molar-refractivity contribution is -0.146. The zero-order valence-corrected chi connectivity index (χ0v) is 19.9. The molecule has 2 aromatic rings. The van der Waals surface area contributed by atoms with E-state index in [0.717, 1.165) is 42.6 Å². The molecule has 1 atom stereocenters. The lowest BCUT2D eigenvalue weighted by Gasteiger charge is -2.55. The molecule has 6 rings (SSSR count). The molecule has 4 aliphatic rings. The van der Waals surface area contributed by atoms with Crippen molar-refractivity contribution in [1.82, 2.24) is 10.6 Å². The fourth-order valence-corrected chi connectivity index (χ4v) is 6.86. The summed E-state index contributed by atoms with van der Waals surface area (Å²) in [5.74, 6) is 2.18. The van der Waals surface area contributed by atoms with Crippen LogP contribution in [0.2, 0.25) is 0 Å². The van der Waals surface area contributed by atoms with Gasteiger partial charge in [-0.3, -0.25) is 9.59 Å². The Morgan fingerprint density at radius 3 is 2.23 bits per heavy atom. The molecule has 0 saturated heterocycles. The number of hydrogen-bond donors (Lipinski definition) is 2. The maximum Gasteiger partial charge on any atom is 0.387 e. The average molecular weight is 483 g/mol. The van der Waals surface area contributed by atoms with Crippen LogP contribution in [0.5, 0.6) is 5.75 Å². The van der Waals surface area contributed by atoms with Crippen molar-refractivity contribution >= 4 is 11.8 Å². The third kappa shape index (κ3) is 5.19. The molecule has 35 heavy (non-hydrogen) atoms. The van der Waals surface area contributed by atoms with Gasteiger partial charge in [0.1, 0.15) is 5.75 Å².